The zero-order valence-corrected chi connectivity index (χ0v) is 10.9. The van der Waals surface area contributed by atoms with Crippen molar-refractivity contribution in [3.8, 4) is 0 Å². The van der Waals surface area contributed by atoms with Crippen LogP contribution in [0.25, 0.3) is 0 Å². The van der Waals surface area contributed by atoms with Crippen molar-refractivity contribution >= 4 is 34.5 Å². The van der Waals surface area contributed by atoms with Crippen molar-refractivity contribution in [2.45, 2.75) is 20.3 Å². The second-order valence-electron chi connectivity index (χ2n) is 4.04. The molecule has 0 aromatic carbocycles. The van der Waals surface area contributed by atoms with Crippen LogP contribution in [0, 0.1) is 11.3 Å². The molecule has 3 heteroatoms. The molecule has 0 saturated heterocycles. The van der Waals surface area contributed by atoms with Crippen LogP contribution in [0.4, 0.5) is 0 Å². The largest absolute Gasteiger partial charge is 0.149 e. The molecule has 0 unspecified atom stereocenters. The number of alkyl halides is 2. The van der Waals surface area contributed by atoms with Gasteiger partial charge in [0.2, 0.25) is 0 Å². The summed E-state index contributed by atoms with van der Waals surface area (Å²) in [4.78, 5) is 1.38. The normalized spacial score (nSPS) is 12.4. The second-order valence-corrected chi connectivity index (χ2v) is 5.61. The molecule has 0 radical (unpaired) electrons. The minimum Gasteiger partial charge on any atom is -0.149 e. The number of halogens is 2. The fourth-order valence-corrected chi connectivity index (χ4v) is 3.35. The molecule has 0 atom stereocenters. The zero-order valence-electron chi connectivity index (χ0n) is 8.59. The van der Waals surface area contributed by atoms with Crippen LogP contribution < -0.4 is 0 Å². The highest BCUT2D eigenvalue weighted by Crippen LogP contribution is 2.35. The Bertz CT molecular complexity index is 250. The molecule has 0 aliphatic heterocycles. The van der Waals surface area contributed by atoms with E-state index in [1.807, 2.05) is 0 Å². The Kier molecular flexibility index (Phi) is 4.75. The number of thiophene rings is 1. The first kappa shape index (κ1) is 12.4. The van der Waals surface area contributed by atoms with Gasteiger partial charge in [-0.25, -0.2) is 0 Å². The SMILES string of the molecule is CC(C)C(CCl)(CCl)Cc1cccs1. The van der Waals surface area contributed by atoms with Crippen molar-refractivity contribution in [2.75, 3.05) is 11.8 Å². The molecule has 0 aliphatic rings. The molecule has 0 nitrogen and oxygen atoms in total. The van der Waals surface area contributed by atoms with Crippen molar-refractivity contribution in [3.05, 3.63) is 22.4 Å². The van der Waals surface area contributed by atoms with Crippen molar-refractivity contribution in [1.29, 1.82) is 0 Å². The molecular weight excluding hydrogens is 235 g/mol. The maximum absolute atomic E-state index is 6.06. The van der Waals surface area contributed by atoms with Crippen LogP contribution in [0.2, 0.25) is 0 Å². The smallest absolute Gasteiger partial charge is 0.0297 e. The molecule has 0 saturated carbocycles. The maximum Gasteiger partial charge on any atom is 0.0297 e. The first-order valence-corrected chi connectivity index (χ1v) is 6.74. The molecule has 0 N–H and O–H groups in total. The van der Waals surface area contributed by atoms with Gasteiger partial charge in [-0.2, -0.15) is 0 Å². The lowest BCUT2D eigenvalue weighted by molar-refractivity contribution is 0.260. The van der Waals surface area contributed by atoms with Gasteiger partial charge in [0.1, 0.15) is 0 Å². The molecule has 1 aromatic heterocycles. The first-order valence-electron chi connectivity index (χ1n) is 4.79. The van der Waals surface area contributed by atoms with Crippen molar-refractivity contribution in [1.82, 2.24) is 0 Å². The van der Waals surface area contributed by atoms with E-state index in [0.717, 1.165) is 6.42 Å². The van der Waals surface area contributed by atoms with E-state index in [1.54, 1.807) is 11.3 Å². The third-order valence-corrected chi connectivity index (χ3v) is 4.80. The highest BCUT2D eigenvalue weighted by atomic mass is 35.5. The Morgan fingerprint density at radius 2 is 2.00 bits per heavy atom. The van der Waals surface area contributed by atoms with Crippen molar-refractivity contribution in [3.63, 3.8) is 0 Å². The summed E-state index contributed by atoms with van der Waals surface area (Å²) < 4.78 is 0. The highest BCUT2D eigenvalue weighted by molar-refractivity contribution is 7.09. The topological polar surface area (TPSA) is 0 Å². The fourth-order valence-electron chi connectivity index (χ4n) is 1.40. The van der Waals surface area contributed by atoms with Crippen LogP contribution in [-0.4, -0.2) is 11.8 Å². The molecular formula is C11H16Cl2S. The van der Waals surface area contributed by atoms with Gasteiger partial charge in [0.15, 0.2) is 0 Å². The minimum absolute atomic E-state index is 0.0496. The van der Waals surface area contributed by atoms with Crippen LogP contribution in [0.3, 0.4) is 0 Å². The molecule has 1 aromatic rings. The summed E-state index contributed by atoms with van der Waals surface area (Å²) in [7, 11) is 0. The van der Waals surface area contributed by atoms with Gasteiger partial charge in [0, 0.05) is 22.1 Å². The van der Waals surface area contributed by atoms with Gasteiger partial charge in [-0.1, -0.05) is 19.9 Å². The summed E-state index contributed by atoms with van der Waals surface area (Å²) in [5.74, 6) is 1.78. The standard InChI is InChI=1S/C11H16Cl2S/c1-9(2)11(7-12,8-13)6-10-4-3-5-14-10/h3-5,9H,6-8H2,1-2H3. The van der Waals surface area contributed by atoms with E-state index in [9.17, 15) is 0 Å². The summed E-state index contributed by atoms with van der Waals surface area (Å²) in [6, 6.07) is 4.23. The van der Waals surface area contributed by atoms with E-state index in [2.05, 4.69) is 31.4 Å². The monoisotopic (exact) mass is 250 g/mol. The minimum atomic E-state index is 0.0496. The number of rotatable bonds is 5. The second kappa shape index (κ2) is 5.39. The molecule has 80 valence electrons. The number of hydrogen-bond donors (Lipinski definition) is 0. The van der Waals surface area contributed by atoms with Crippen molar-refractivity contribution < 1.29 is 0 Å². The average Bonchev–Trinajstić information content (AvgIpc) is 2.66. The Balaban J connectivity index is 2.78. The number of hydrogen-bond acceptors (Lipinski definition) is 1. The van der Waals surface area contributed by atoms with Gasteiger partial charge in [0.25, 0.3) is 0 Å². The van der Waals surface area contributed by atoms with Gasteiger partial charge in [-0.3, -0.25) is 0 Å². The van der Waals surface area contributed by atoms with E-state index < -0.39 is 0 Å². The van der Waals surface area contributed by atoms with Crippen LogP contribution in [0.15, 0.2) is 17.5 Å². The third-order valence-electron chi connectivity index (χ3n) is 2.86. The molecule has 1 rings (SSSR count). The van der Waals surface area contributed by atoms with Gasteiger partial charge in [0.05, 0.1) is 0 Å². The Morgan fingerprint density at radius 1 is 1.36 bits per heavy atom. The maximum atomic E-state index is 6.06. The Hall–Kier alpha value is 0.280. The lowest BCUT2D eigenvalue weighted by atomic mass is 9.77. The van der Waals surface area contributed by atoms with Gasteiger partial charge < -0.3 is 0 Å². The predicted molar refractivity (Wildman–Crippen MR) is 66.7 cm³/mol. The molecule has 0 fully saturated rings. The molecule has 0 amide bonds. The average molecular weight is 251 g/mol. The van der Waals surface area contributed by atoms with E-state index in [1.165, 1.54) is 4.88 Å². The highest BCUT2D eigenvalue weighted by Gasteiger charge is 2.32. The van der Waals surface area contributed by atoms with Gasteiger partial charge in [-0.05, 0) is 23.8 Å². The van der Waals surface area contributed by atoms with E-state index in [-0.39, 0.29) is 5.41 Å². The molecule has 0 spiro atoms. The third kappa shape index (κ3) is 2.65. The molecule has 0 bridgehead atoms. The van der Waals surface area contributed by atoms with Crippen LogP contribution in [0.1, 0.15) is 18.7 Å². The van der Waals surface area contributed by atoms with E-state index >= 15 is 0 Å². The van der Waals surface area contributed by atoms with E-state index in [0.29, 0.717) is 17.7 Å². The fraction of sp³-hybridized carbons (Fsp3) is 0.636. The summed E-state index contributed by atoms with van der Waals surface area (Å²) in [5.41, 5.74) is 0.0496. The lowest BCUT2D eigenvalue weighted by Crippen LogP contribution is -2.33. The zero-order chi connectivity index (χ0) is 10.6. The predicted octanol–water partition coefficient (Wildman–Crippen LogP) is 4.41. The van der Waals surface area contributed by atoms with Crippen LogP contribution >= 0.6 is 34.5 Å². The Labute approximate surface area is 100 Å². The molecule has 0 aliphatic carbocycles. The van der Waals surface area contributed by atoms with Crippen LogP contribution in [-0.2, 0) is 6.42 Å². The summed E-state index contributed by atoms with van der Waals surface area (Å²) in [6.45, 7) is 4.39. The summed E-state index contributed by atoms with van der Waals surface area (Å²) in [6.07, 6.45) is 0.995. The summed E-state index contributed by atoms with van der Waals surface area (Å²) >= 11 is 13.9. The Morgan fingerprint density at radius 3 is 2.36 bits per heavy atom. The van der Waals surface area contributed by atoms with Gasteiger partial charge >= 0.3 is 0 Å². The van der Waals surface area contributed by atoms with Crippen molar-refractivity contribution in [2.24, 2.45) is 11.3 Å². The summed E-state index contributed by atoms with van der Waals surface area (Å²) in [5, 5.41) is 2.10. The molecule has 1 heterocycles. The van der Waals surface area contributed by atoms with Crippen LogP contribution in [0.5, 0.6) is 0 Å². The van der Waals surface area contributed by atoms with E-state index in [4.69, 9.17) is 23.2 Å². The quantitative estimate of drug-likeness (QED) is 0.680. The first-order chi connectivity index (χ1) is 6.64. The molecule has 14 heavy (non-hydrogen) atoms. The van der Waals surface area contributed by atoms with Gasteiger partial charge in [-0.15, -0.1) is 34.5 Å². The lowest BCUT2D eigenvalue weighted by Gasteiger charge is -2.33.